The first-order chi connectivity index (χ1) is 9.44. The molecule has 0 bridgehead atoms. The molecule has 1 heterocycles. The summed E-state index contributed by atoms with van der Waals surface area (Å²) in [4.78, 5) is 4.89. The molecule has 0 radical (unpaired) electrons. The third kappa shape index (κ3) is 4.97. The summed E-state index contributed by atoms with van der Waals surface area (Å²) in [7, 11) is -3.38. The van der Waals surface area contributed by atoms with E-state index in [0.29, 0.717) is 16.6 Å². The molecule has 1 aromatic heterocycles. The number of nitrogens with two attached hydrogens (primary N) is 1. The number of hydrogen-bond acceptors (Lipinski definition) is 6. The van der Waals surface area contributed by atoms with Crippen LogP contribution in [0.25, 0.3) is 0 Å². The van der Waals surface area contributed by atoms with E-state index >= 15 is 0 Å². The van der Waals surface area contributed by atoms with Gasteiger partial charge < -0.3 is 5.73 Å². The highest BCUT2D eigenvalue weighted by Gasteiger charge is 2.12. The van der Waals surface area contributed by atoms with Crippen molar-refractivity contribution < 1.29 is 8.42 Å². The van der Waals surface area contributed by atoms with Crippen LogP contribution in [0.15, 0.2) is 39.1 Å². The van der Waals surface area contributed by atoms with E-state index in [9.17, 15) is 8.42 Å². The maximum absolute atomic E-state index is 11.9. The van der Waals surface area contributed by atoms with Crippen molar-refractivity contribution in [3.63, 3.8) is 0 Å². The molecular formula is C11H12BrN3O2S3. The SMILES string of the molecule is Nc1cccc(SCCS(=O)(=O)Nc2ncc(Br)s2)c1. The molecule has 0 saturated carbocycles. The largest absolute Gasteiger partial charge is 0.399 e. The molecule has 3 N–H and O–H groups in total. The molecule has 0 fully saturated rings. The van der Waals surface area contributed by atoms with E-state index in [1.165, 1.54) is 23.1 Å². The lowest BCUT2D eigenvalue weighted by Gasteiger charge is -2.05. The lowest BCUT2D eigenvalue weighted by molar-refractivity contribution is 0.602. The fraction of sp³-hybridized carbons (Fsp3) is 0.182. The minimum absolute atomic E-state index is 0.0175. The summed E-state index contributed by atoms with van der Waals surface area (Å²) < 4.78 is 27.0. The van der Waals surface area contributed by atoms with Gasteiger partial charge in [-0.3, -0.25) is 4.72 Å². The lowest BCUT2D eigenvalue weighted by atomic mass is 10.3. The van der Waals surface area contributed by atoms with Crippen LogP contribution >= 0.6 is 39.0 Å². The van der Waals surface area contributed by atoms with Crippen molar-refractivity contribution in [1.29, 1.82) is 0 Å². The van der Waals surface area contributed by atoms with Gasteiger partial charge in [0.25, 0.3) is 0 Å². The highest BCUT2D eigenvalue weighted by molar-refractivity contribution is 9.11. The van der Waals surface area contributed by atoms with Crippen molar-refractivity contribution in [3.05, 3.63) is 34.2 Å². The van der Waals surface area contributed by atoms with E-state index in [2.05, 4.69) is 25.6 Å². The first kappa shape index (κ1) is 15.6. The van der Waals surface area contributed by atoms with Gasteiger partial charge in [0.2, 0.25) is 10.0 Å². The topological polar surface area (TPSA) is 85.1 Å². The van der Waals surface area contributed by atoms with Crippen LogP contribution in [0.3, 0.4) is 0 Å². The second kappa shape index (κ2) is 6.79. The highest BCUT2D eigenvalue weighted by atomic mass is 79.9. The van der Waals surface area contributed by atoms with Crippen LogP contribution in [0.5, 0.6) is 0 Å². The van der Waals surface area contributed by atoms with Crippen molar-refractivity contribution in [1.82, 2.24) is 4.98 Å². The summed E-state index contributed by atoms with van der Waals surface area (Å²) in [5.41, 5.74) is 6.34. The van der Waals surface area contributed by atoms with E-state index in [1.807, 2.05) is 18.2 Å². The molecule has 0 aliphatic rings. The number of rotatable bonds is 6. The second-order valence-corrected chi connectivity index (χ2v) is 9.23. The molecule has 2 aromatic rings. The fourth-order valence-electron chi connectivity index (χ4n) is 1.36. The minimum atomic E-state index is -3.38. The summed E-state index contributed by atoms with van der Waals surface area (Å²) in [6, 6.07) is 7.36. The Morgan fingerprint density at radius 3 is 2.90 bits per heavy atom. The lowest BCUT2D eigenvalue weighted by Crippen LogP contribution is -2.17. The number of thioether (sulfide) groups is 1. The molecule has 1 aromatic carbocycles. The third-order valence-corrected chi connectivity index (χ3v) is 6.22. The highest BCUT2D eigenvalue weighted by Crippen LogP contribution is 2.24. The average Bonchev–Trinajstić information content (AvgIpc) is 2.73. The van der Waals surface area contributed by atoms with E-state index in [1.54, 1.807) is 12.3 Å². The molecule has 0 saturated heterocycles. The molecule has 20 heavy (non-hydrogen) atoms. The maximum atomic E-state index is 11.9. The van der Waals surface area contributed by atoms with E-state index in [-0.39, 0.29) is 5.75 Å². The average molecular weight is 394 g/mol. The number of benzene rings is 1. The van der Waals surface area contributed by atoms with Gasteiger partial charge in [-0.15, -0.1) is 11.8 Å². The number of hydrogen-bond donors (Lipinski definition) is 2. The minimum Gasteiger partial charge on any atom is -0.399 e. The molecule has 5 nitrogen and oxygen atoms in total. The molecule has 0 aliphatic carbocycles. The Kier molecular flexibility index (Phi) is 5.30. The van der Waals surface area contributed by atoms with Gasteiger partial charge in [-0.25, -0.2) is 13.4 Å². The second-order valence-electron chi connectivity index (χ2n) is 3.81. The van der Waals surface area contributed by atoms with Crippen LogP contribution in [-0.4, -0.2) is 24.9 Å². The van der Waals surface area contributed by atoms with Crippen LogP contribution in [0, 0.1) is 0 Å². The summed E-state index contributed by atoms with van der Waals surface area (Å²) in [6.07, 6.45) is 1.56. The Morgan fingerprint density at radius 2 is 2.25 bits per heavy atom. The number of nitrogen functional groups attached to an aromatic ring is 1. The van der Waals surface area contributed by atoms with Gasteiger partial charge in [-0.1, -0.05) is 17.4 Å². The normalized spacial score (nSPS) is 11.4. The van der Waals surface area contributed by atoms with Crippen LogP contribution in [0.4, 0.5) is 10.8 Å². The van der Waals surface area contributed by atoms with Crippen molar-refractivity contribution in [2.75, 3.05) is 22.0 Å². The summed E-state index contributed by atoms with van der Waals surface area (Å²) >= 11 is 5.93. The predicted molar refractivity (Wildman–Crippen MR) is 88.8 cm³/mol. The van der Waals surface area contributed by atoms with Crippen LogP contribution in [0.1, 0.15) is 0 Å². The van der Waals surface area contributed by atoms with Crippen LogP contribution < -0.4 is 10.5 Å². The van der Waals surface area contributed by atoms with Crippen molar-refractivity contribution in [3.8, 4) is 0 Å². The third-order valence-electron chi connectivity index (χ3n) is 2.20. The quantitative estimate of drug-likeness (QED) is 0.581. The molecule has 108 valence electrons. The van der Waals surface area contributed by atoms with E-state index < -0.39 is 10.0 Å². The molecule has 0 atom stereocenters. The fourth-order valence-corrected chi connectivity index (χ4v) is 5.13. The van der Waals surface area contributed by atoms with Crippen molar-refractivity contribution in [2.45, 2.75) is 4.90 Å². The van der Waals surface area contributed by atoms with Crippen molar-refractivity contribution >= 4 is 59.9 Å². The summed E-state index contributed by atoms with van der Waals surface area (Å²) in [5.74, 6) is 0.467. The van der Waals surface area contributed by atoms with Gasteiger partial charge >= 0.3 is 0 Å². The van der Waals surface area contributed by atoms with Crippen molar-refractivity contribution in [2.24, 2.45) is 0 Å². The Hall–Kier alpha value is -0.770. The van der Waals surface area contributed by atoms with E-state index in [0.717, 1.165) is 8.68 Å². The van der Waals surface area contributed by atoms with Gasteiger partial charge in [-0.05, 0) is 34.1 Å². The zero-order valence-corrected chi connectivity index (χ0v) is 14.3. The van der Waals surface area contributed by atoms with Crippen LogP contribution in [0.2, 0.25) is 0 Å². The van der Waals surface area contributed by atoms with Gasteiger partial charge in [-0.2, -0.15) is 0 Å². The first-order valence-electron chi connectivity index (χ1n) is 5.55. The van der Waals surface area contributed by atoms with Gasteiger partial charge in [0.1, 0.15) is 0 Å². The molecule has 9 heteroatoms. The number of anilines is 2. The van der Waals surface area contributed by atoms with Gasteiger partial charge in [0.05, 0.1) is 15.7 Å². The predicted octanol–water partition coefficient (Wildman–Crippen LogP) is 3.02. The Labute approximate surface area is 134 Å². The Bertz CT molecular complexity index is 688. The number of thiazole rings is 1. The zero-order valence-electron chi connectivity index (χ0n) is 10.2. The monoisotopic (exact) mass is 393 g/mol. The number of aromatic nitrogens is 1. The maximum Gasteiger partial charge on any atom is 0.235 e. The standard InChI is InChI=1S/C11H12BrN3O2S3/c12-10-7-14-11(19-10)15-20(16,17)5-4-18-9-3-1-2-8(13)6-9/h1-3,6-7H,4-5,13H2,(H,14,15). The first-order valence-corrected chi connectivity index (χ1v) is 9.79. The Morgan fingerprint density at radius 1 is 1.45 bits per heavy atom. The molecular weight excluding hydrogens is 382 g/mol. The van der Waals surface area contributed by atoms with E-state index in [4.69, 9.17) is 5.73 Å². The Balaban J connectivity index is 1.86. The number of sulfonamides is 1. The van der Waals surface area contributed by atoms with Crippen LogP contribution in [-0.2, 0) is 10.0 Å². The van der Waals surface area contributed by atoms with Gasteiger partial charge in [0.15, 0.2) is 5.13 Å². The molecule has 0 unspecified atom stereocenters. The molecule has 0 aliphatic heterocycles. The molecule has 0 amide bonds. The number of nitrogens with one attached hydrogen (secondary N) is 1. The summed E-state index contributed by atoms with van der Waals surface area (Å²) in [5, 5.41) is 0.367. The smallest absolute Gasteiger partial charge is 0.235 e. The number of nitrogens with zero attached hydrogens (tertiary/aromatic N) is 1. The molecule has 2 rings (SSSR count). The zero-order chi connectivity index (χ0) is 14.6. The summed E-state index contributed by atoms with van der Waals surface area (Å²) in [6.45, 7) is 0. The van der Waals surface area contributed by atoms with Gasteiger partial charge in [0, 0.05) is 16.3 Å². The number of halogens is 1. The molecule has 0 spiro atoms.